The molecule has 1 N–H and O–H groups in total. The zero-order valence-corrected chi connectivity index (χ0v) is 21.1. The number of halogens is 1. The second-order valence-electron chi connectivity index (χ2n) is 10.3. The van der Waals surface area contributed by atoms with Crippen LogP contribution in [0.2, 0.25) is 0 Å². The zero-order valence-electron chi connectivity index (χ0n) is 21.1. The van der Waals surface area contributed by atoms with Crippen LogP contribution in [0.5, 0.6) is 0 Å². The minimum Gasteiger partial charge on any atom is -0.444 e. The lowest BCUT2D eigenvalue weighted by atomic mass is 10.0. The Hall–Kier alpha value is -3.68. The number of benzene rings is 2. The average Bonchev–Trinajstić information content (AvgIpc) is 3.64. The maximum absolute atomic E-state index is 14.8. The second-order valence-corrected chi connectivity index (χ2v) is 10.3. The van der Waals surface area contributed by atoms with Crippen LogP contribution in [-0.2, 0) is 17.8 Å². The Morgan fingerprint density at radius 3 is 2.31 bits per heavy atom. The van der Waals surface area contributed by atoms with Gasteiger partial charge in [-0.2, -0.15) is 0 Å². The summed E-state index contributed by atoms with van der Waals surface area (Å²) in [7, 11) is 0. The number of ether oxygens (including phenoxy) is 1. The molecular formula is C28H32FN3O4. The lowest BCUT2D eigenvalue weighted by Gasteiger charge is -2.25. The van der Waals surface area contributed by atoms with Crippen molar-refractivity contribution in [3.05, 3.63) is 92.5 Å². The van der Waals surface area contributed by atoms with Crippen molar-refractivity contribution in [1.82, 2.24) is 14.5 Å². The number of nitrogens with zero attached hydrogens (tertiary/aromatic N) is 2. The van der Waals surface area contributed by atoms with Gasteiger partial charge < -0.3 is 10.1 Å². The maximum Gasteiger partial charge on any atom is 0.408 e. The van der Waals surface area contributed by atoms with Crippen molar-refractivity contribution in [2.45, 2.75) is 65.3 Å². The molecule has 1 saturated carbocycles. The smallest absolute Gasteiger partial charge is 0.408 e. The number of carbonyl (C=O) groups is 1. The normalized spacial score (nSPS) is 14.4. The minimum absolute atomic E-state index is 0.132. The number of alkyl carbamates (subject to hydrolysis) is 1. The summed E-state index contributed by atoms with van der Waals surface area (Å²) in [6, 6.07) is 14.4. The molecule has 8 heteroatoms. The molecule has 36 heavy (non-hydrogen) atoms. The summed E-state index contributed by atoms with van der Waals surface area (Å²) in [6.07, 6.45) is 1.35. The molecular weight excluding hydrogens is 461 g/mol. The Balaban J connectivity index is 1.83. The third-order valence-corrected chi connectivity index (χ3v) is 6.23. The molecule has 1 aromatic heterocycles. The molecule has 1 atom stereocenters. The van der Waals surface area contributed by atoms with E-state index in [1.165, 1.54) is 6.07 Å². The van der Waals surface area contributed by atoms with E-state index in [9.17, 15) is 18.8 Å². The number of amides is 1. The Morgan fingerprint density at radius 1 is 1.06 bits per heavy atom. The third kappa shape index (κ3) is 5.75. The van der Waals surface area contributed by atoms with E-state index >= 15 is 0 Å². The first-order chi connectivity index (χ1) is 17.0. The van der Waals surface area contributed by atoms with Crippen molar-refractivity contribution in [1.29, 1.82) is 0 Å². The monoisotopic (exact) mass is 493 g/mol. The Kier molecular flexibility index (Phi) is 7.15. The Labute approximate surface area is 209 Å². The molecule has 0 saturated heterocycles. The molecule has 7 nitrogen and oxygen atoms in total. The maximum atomic E-state index is 14.8. The fraction of sp³-hybridized carbons (Fsp3) is 0.393. The molecule has 0 radical (unpaired) electrons. The van der Waals surface area contributed by atoms with Gasteiger partial charge in [-0.3, -0.25) is 13.9 Å². The van der Waals surface area contributed by atoms with Crippen LogP contribution in [0.25, 0.3) is 11.1 Å². The van der Waals surface area contributed by atoms with Crippen LogP contribution in [0.4, 0.5) is 9.18 Å². The molecule has 1 heterocycles. The van der Waals surface area contributed by atoms with Gasteiger partial charge in [-0.05, 0) is 58.1 Å². The summed E-state index contributed by atoms with van der Waals surface area (Å²) in [6.45, 7) is 7.28. The standard InChI is InChI=1S/C28H32FN3O4/c1-18-24(21-12-8-9-13-22(21)29)25(33)32(27(35)31(18)16-19-14-15-19)17-23(20-10-6-5-7-11-20)30-26(34)36-28(2,3)4/h5-13,19,23H,14-17H2,1-4H3,(H,30,34)/t23-/m0/s1. The van der Waals surface area contributed by atoms with Gasteiger partial charge in [0, 0.05) is 17.8 Å². The molecule has 2 aromatic carbocycles. The predicted octanol–water partition coefficient (Wildman–Crippen LogP) is 4.80. The van der Waals surface area contributed by atoms with E-state index in [1.54, 1.807) is 50.5 Å². The highest BCUT2D eigenvalue weighted by Gasteiger charge is 2.28. The number of nitrogens with one attached hydrogen (secondary N) is 1. The highest BCUT2D eigenvalue weighted by molar-refractivity contribution is 5.68. The van der Waals surface area contributed by atoms with E-state index in [-0.39, 0.29) is 17.7 Å². The molecule has 4 rings (SSSR count). The molecule has 1 fully saturated rings. The van der Waals surface area contributed by atoms with Crippen molar-refractivity contribution in [2.75, 3.05) is 0 Å². The van der Waals surface area contributed by atoms with Gasteiger partial charge in [0.1, 0.15) is 11.4 Å². The molecule has 1 aliphatic rings. The van der Waals surface area contributed by atoms with Gasteiger partial charge in [-0.1, -0.05) is 48.5 Å². The van der Waals surface area contributed by atoms with Crippen molar-refractivity contribution in [3.63, 3.8) is 0 Å². The van der Waals surface area contributed by atoms with Crippen LogP contribution >= 0.6 is 0 Å². The first kappa shape index (κ1) is 25.4. The van der Waals surface area contributed by atoms with E-state index in [0.717, 1.165) is 17.4 Å². The fourth-order valence-corrected chi connectivity index (χ4v) is 4.26. The van der Waals surface area contributed by atoms with Crippen molar-refractivity contribution >= 4 is 6.09 Å². The number of hydrogen-bond acceptors (Lipinski definition) is 4. The van der Waals surface area contributed by atoms with Crippen LogP contribution < -0.4 is 16.6 Å². The molecule has 0 spiro atoms. The SMILES string of the molecule is Cc1c(-c2ccccc2F)c(=O)n(C[C@H](NC(=O)OC(C)(C)C)c2ccccc2)c(=O)n1CC1CC1. The van der Waals surface area contributed by atoms with E-state index < -0.39 is 34.8 Å². The Bertz CT molecular complexity index is 1370. The van der Waals surface area contributed by atoms with Crippen LogP contribution in [-0.4, -0.2) is 20.8 Å². The molecule has 0 aliphatic heterocycles. The Morgan fingerprint density at radius 2 is 1.69 bits per heavy atom. The number of carbonyl (C=O) groups excluding carboxylic acids is 1. The number of rotatable bonds is 7. The van der Waals surface area contributed by atoms with Crippen LogP contribution in [0.1, 0.15) is 50.9 Å². The molecule has 1 aliphatic carbocycles. The van der Waals surface area contributed by atoms with Gasteiger partial charge in [0.05, 0.1) is 18.2 Å². The molecule has 0 unspecified atom stereocenters. The molecule has 190 valence electrons. The van der Waals surface area contributed by atoms with Crippen molar-refractivity contribution in [2.24, 2.45) is 5.92 Å². The number of hydrogen-bond donors (Lipinski definition) is 1. The molecule has 0 bridgehead atoms. The molecule has 1 amide bonds. The number of aromatic nitrogens is 2. The van der Waals surface area contributed by atoms with Gasteiger partial charge in [-0.15, -0.1) is 0 Å². The van der Waals surface area contributed by atoms with Crippen LogP contribution in [0, 0.1) is 18.7 Å². The average molecular weight is 494 g/mol. The van der Waals surface area contributed by atoms with Crippen molar-refractivity contribution < 1.29 is 13.9 Å². The zero-order chi connectivity index (χ0) is 26.0. The quantitative estimate of drug-likeness (QED) is 0.513. The largest absolute Gasteiger partial charge is 0.444 e. The van der Waals surface area contributed by atoms with Gasteiger partial charge in [0.15, 0.2) is 0 Å². The summed E-state index contributed by atoms with van der Waals surface area (Å²) >= 11 is 0. The van der Waals surface area contributed by atoms with Crippen molar-refractivity contribution in [3.8, 4) is 11.1 Å². The minimum atomic E-state index is -0.725. The van der Waals surface area contributed by atoms with Gasteiger partial charge in [-0.25, -0.2) is 14.0 Å². The highest BCUT2D eigenvalue weighted by atomic mass is 19.1. The van der Waals surface area contributed by atoms with E-state index in [4.69, 9.17) is 4.74 Å². The van der Waals surface area contributed by atoms with Crippen LogP contribution in [0.3, 0.4) is 0 Å². The van der Waals surface area contributed by atoms with Gasteiger partial charge >= 0.3 is 11.8 Å². The van der Waals surface area contributed by atoms with Crippen LogP contribution in [0.15, 0.2) is 64.2 Å². The highest BCUT2D eigenvalue weighted by Crippen LogP contribution is 2.31. The topological polar surface area (TPSA) is 82.3 Å². The van der Waals surface area contributed by atoms with E-state index in [2.05, 4.69) is 5.32 Å². The summed E-state index contributed by atoms with van der Waals surface area (Å²) < 4.78 is 22.9. The summed E-state index contributed by atoms with van der Waals surface area (Å²) in [5, 5.41) is 2.81. The predicted molar refractivity (Wildman–Crippen MR) is 136 cm³/mol. The summed E-state index contributed by atoms with van der Waals surface area (Å²) in [5.74, 6) is -0.182. The third-order valence-electron chi connectivity index (χ3n) is 6.23. The van der Waals surface area contributed by atoms with E-state index in [0.29, 0.717) is 23.7 Å². The van der Waals surface area contributed by atoms with Gasteiger partial charge in [0.2, 0.25) is 0 Å². The van der Waals surface area contributed by atoms with E-state index in [1.807, 2.05) is 30.3 Å². The summed E-state index contributed by atoms with van der Waals surface area (Å²) in [4.78, 5) is 40.0. The second kappa shape index (κ2) is 10.1. The lowest BCUT2D eigenvalue weighted by Crippen LogP contribution is -2.46. The first-order valence-corrected chi connectivity index (χ1v) is 12.2. The summed E-state index contributed by atoms with van der Waals surface area (Å²) in [5.41, 5.74) is -0.350. The fourth-order valence-electron chi connectivity index (χ4n) is 4.26. The lowest BCUT2D eigenvalue weighted by molar-refractivity contribution is 0.0497. The molecule has 3 aromatic rings. The van der Waals surface area contributed by atoms with Gasteiger partial charge in [0.25, 0.3) is 5.56 Å². The first-order valence-electron chi connectivity index (χ1n) is 12.2.